The Morgan fingerprint density at radius 1 is 0.833 bits per heavy atom. The van der Waals surface area contributed by atoms with Crippen molar-refractivity contribution in [3.63, 3.8) is 0 Å². The Bertz CT molecular complexity index is 750. The molecule has 1 unspecified atom stereocenters. The van der Waals surface area contributed by atoms with Crippen LogP contribution in [0.25, 0.3) is 0 Å². The summed E-state index contributed by atoms with van der Waals surface area (Å²) in [5, 5.41) is 0.834. The molecule has 0 spiro atoms. The van der Waals surface area contributed by atoms with Gasteiger partial charge in [0.1, 0.15) is 0 Å². The quantitative estimate of drug-likeness (QED) is 0.759. The Morgan fingerprint density at radius 3 is 1.96 bits per heavy atom. The number of carbonyl (C=O) groups excluding carboxylic acids is 2. The van der Waals surface area contributed by atoms with E-state index in [1.807, 2.05) is 65.6 Å². The van der Waals surface area contributed by atoms with Gasteiger partial charge < -0.3 is 0 Å². The van der Waals surface area contributed by atoms with Gasteiger partial charge in [0.2, 0.25) is 0 Å². The Kier molecular flexibility index (Phi) is 4.13. The zero-order valence-corrected chi connectivity index (χ0v) is 14.9. The van der Waals surface area contributed by atoms with Crippen molar-refractivity contribution >= 4 is 25.7 Å². The summed E-state index contributed by atoms with van der Waals surface area (Å²) in [6, 6.07) is 19.7. The molecule has 2 amide bonds. The van der Waals surface area contributed by atoms with E-state index in [-0.39, 0.29) is 37.8 Å². The van der Waals surface area contributed by atoms with Gasteiger partial charge in [0.05, 0.1) is 0 Å². The van der Waals surface area contributed by atoms with Gasteiger partial charge in [-0.25, -0.2) is 0 Å². The molecule has 0 radical (unpaired) electrons. The molecule has 2 aliphatic heterocycles. The van der Waals surface area contributed by atoms with Crippen LogP contribution in [0.3, 0.4) is 0 Å². The van der Waals surface area contributed by atoms with E-state index in [1.54, 1.807) is 4.90 Å². The molecule has 2 atom stereocenters. The molecule has 4 rings (SSSR count). The maximum absolute atomic E-state index is 13.0. The average molecular weight is 385 g/mol. The number of amides is 2. The molecular weight excluding hydrogens is 367 g/mol. The molecule has 24 heavy (non-hydrogen) atoms. The molecule has 0 aromatic heterocycles. The summed E-state index contributed by atoms with van der Waals surface area (Å²) in [7, 11) is 0. The summed E-state index contributed by atoms with van der Waals surface area (Å²) in [5.74, 6) is 0. The van der Waals surface area contributed by atoms with Crippen molar-refractivity contribution < 1.29 is 9.59 Å². The van der Waals surface area contributed by atoms with E-state index in [2.05, 4.69) is 0 Å². The van der Waals surface area contributed by atoms with Crippen molar-refractivity contribution in [1.82, 2.24) is 9.80 Å². The Morgan fingerprint density at radius 2 is 1.38 bits per heavy atom. The predicted molar refractivity (Wildman–Crippen MR) is 92.5 cm³/mol. The molecule has 122 valence electrons. The van der Waals surface area contributed by atoms with Crippen LogP contribution in [0.5, 0.6) is 0 Å². The molecule has 4 nitrogen and oxygen atoms in total. The van der Waals surface area contributed by atoms with E-state index in [9.17, 15) is 9.59 Å². The molecule has 2 saturated heterocycles. The summed E-state index contributed by atoms with van der Waals surface area (Å²) in [5.41, 5.74) is 2.18. The van der Waals surface area contributed by atoms with Crippen LogP contribution >= 0.6 is 0 Å². The normalized spacial score (nSPS) is 23.0. The van der Waals surface area contributed by atoms with Crippen LogP contribution in [-0.2, 0) is 17.9 Å². The third-order valence-electron chi connectivity index (χ3n) is 4.62. The fourth-order valence-corrected chi connectivity index (χ4v) is 5.85. The van der Waals surface area contributed by atoms with Crippen LogP contribution in [-0.4, -0.2) is 47.6 Å². The van der Waals surface area contributed by atoms with Crippen molar-refractivity contribution in [3.8, 4) is 0 Å². The first-order chi connectivity index (χ1) is 11.7. The van der Waals surface area contributed by atoms with Gasteiger partial charge in [-0.15, -0.1) is 0 Å². The Balaban J connectivity index is 1.60. The molecular formula is C19H18N2O2Se. The average Bonchev–Trinajstić information content (AvgIpc) is 3.11. The molecule has 0 N–H and O–H groups in total. The third-order valence-corrected chi connectivity index (χ3v) is 6.79. The van der Waals surface area contributed by atoms with E-state index in [0.717, 1.165) is 16.4 Å². The Labute approximate surface area is 147 Å². The predicted octanol–water partition coefficient (Wildman–Crippen LogP) is 2.52. The maximum atomic E-state index is 13.0. The topological polar surface area (TPSA) is 40.6 Å². The molecule has 2 heterocycles. The van der Waals surface area contributed by atoms with Gasteiger partial charge in [-0.05, 0) is 0 Å². The van der Waals surface area contributed by atoms with Crippen LogP contribution < -0.4 is 0 Å². The van der Waals surface area contributed by atoms with Gasteiger partial charge in [0, 0.05) is 0 Å². The van der Waals surface area contributed by atoms with Crippen molar-refractivity contribution in [2.45, 2.75) is 30.5 Å². The van der Waals surface area contributed by atoms with Crippen LogP contribution in [0, 0.1) is 0 Å². The number of urea groups is 1. The zero-order valence-electron chi connectivity index (χ0n) is 13.2. The standard InChI is InChI=1S/C19H18N2O2Se/c22-18-17-16(13-24-18)20(11-14-7-3-1-4-8-14)19(23)21(17)12-15-9-5-2-6-10-15/h1-10,16-17H,11-13H2/t16?,17-/m0/s1. The summed E-state index contributed by atoms with van der Waals surface area (Å²) in [4.78, 5) is 29.1. The Hall–Kier alpha value is -2.10. The number of carbonyl (C=O) groups is 2. The van der Waals surface area contributed by atoms with Crippen molar-refractivity contribution in [2.75, 3.05) is 0 Å². The van der Waals surface area contributed by atoms with Crippen LogP contribution in [0.2, 0.25) is 5.32 Å². The summed E-state index contributed by atoms with van der Waals surface area (Å²) in [6.45, 7) is 1.09. The second-order valence-electron chi connectivity index (χ2n) is 6.15. The van der Waals surface area contributed by atoms with Gasteiger partial charge in [-0.2, -0.15) is 0 Å². The number of nitrogens with zero attached hydrogens (tertiary/aromatic N) is 2. The van der Waals surface area contributed by atoms with Crippen LogP contribution in [0.1, 0.15) is 11.1 Å². The van der Waals surface area contributed by atoms with Gasteiger partial charge >= 0.3 is 147 Å². The zero-order chi connectivity index (χ0) is 16.5. The second-order valence-corrected chi connectivity index (χ2v) is 8.30. The molecule has 5 heteroatoms. The third kappa shape index (κ3) is 2.74. The van der Waals surface area contributed by atoms with E-state index in [1.165, 1.54) is 0 Å². The van der Waals surface area contributed by atoms with Crippen molar-refractivity contribution in [2.24, 2.45) is 0 Å². The first kappa shape index (κ1) is 15.4. The van der Waals surface area contributed by atoms with Crippen LogP contribution in [0.15, 0.2) is 60.7 Å². The molecule has 2 fully saturated rings. The fourth-order valence-electron chi connectivity index (χ4n) is 3.43. The SMILES string of the molecule is O=C1[Se]CC2[C@@H]1N(Cc1ccccc1)C(=O)N2Cc1ccccc1. The molecule has 2 aromatic rings. The summed E-state index contributed by atoms with van der Waals surface area (Å²) < 4.78 is 0.257. The number of fused-ring (bicyclic) bond motifs is 1. The molecule has 2 aliphatic rings. The first-order valence-electron chi connectivity index (χ1n) is 8.06. The minimum absolute atomic E-state index is 0.0124. The molecule has 0 bridgehead atoms. The monoisotopic (exact) mass is 386 g/mol. The van der Waals surface area contributed by atoms with Crippen molar-refractivity contribution in [3.05, 3.63) is 71.8 Å². The minimum atomic E-state index is -0.263. The van der Waals surface area contributed by atoms with Crippen molar-refractivity contribution in [1.29, 1.82) is 0 Å². The number of rotatable bonds is 4. The fraction of sp³-hybridized carbons (Fsp3) is 0.263. The first-order valence-corrected chi connectivity index (χ1v) is 10.1. The van der Waals surface area contributed by atoms with Gasteiger partial charge in [-0.1, -0.05) is 0 Å². The summed E-state index contributed by atoms with van der Waals surface area (Å²) in [6.07, 6.45) is 0. The van der Waals surface area contributed by atoms with E-state index >= 15 is 0 Å². The van der Waals surface area contributed by atoms with E-state index in [4.69, 9.17) is 0 Å². The molecule has 2 aromatic carbocycles. The number of benzene rings is 2. The number of hydrogen-bond donors (Lipinski definition) is 0. The van der Waals surface area contributed by atoms with Crippen LogP contribution in [0.4, 0.5) is 4.79 Å². The summed E-state index contributed by atoms with van der Waals surface area (Å²) >= 11 is -0.0140. The molecule has 0 aliphatic carbocycles. The van der Waals surface area contributed by atoms with E-state index in [0.29, 0.717) is 13.1 Å². The van der Waals surface area contributed by atoms with Gasteiger partial charge in [0.25, 0.3) is 0 Å². The number of hydrogen-bond acceptors (Lipinski definition) is 2. The second kappa shape index (κ2) is 6.42. The van der Waals surface area contributed by atoms with Gasteiger partial charge in [0.15, 0.2) is 0 Å². The van der Waals surface area contributed by atoms with Gasteiger partial charge in [-0.3, -0.25) is 0 Å². The van der Waals surface area contributed by atoms with E-state index < -0.39 is 0 Å². The molecule has 0 saturated carbocycles.